The number of aryl methyl sites for hydroxylation is 2. The maximum absolute atomic E-state index is 13.6. The summed E-state index contributed by atoms with van der Waals surface area (Å²) in [5.74, 6) is 2.52. The summed E-state index contributed by atoms with van der Waals surface area (Å²) in [6.45, 7) is 4.97. The highest BCUT2D eigenvalue weighted by Crippen LogP contribution is 2.33. The van der Waals surface area contributed by atoms with E-state index < -0.39 is 0 Å². The van der Waals surface area contributed by atoms with Crippen molar-refractivity contribution in [3.05, 3.63) is 77.2 Å². The quantitative estimate of drug-likeness (QED) is 0.452. The Kier molecular flexibility index (Phi) is 8.12. The highest BCUT2D eigenvalue weighted by atomic mass is 16.7. The number of amides is 3. The lowest BCUT2D eigenvalue weighted by molar-refractivity contribution is -0.133. The van der Waals surface area contributed by atoms with Crippen LogP contribution in [-0.2, 0) is 22.6 Å². The van der Waals surface area contributed by atoms with E-state index >= 15 is 0 Å². The first kappa shape index (κ1) is 25.1. The lowest BCUT2D eigenvalue weighted by Crippen LogP contribution is -2.45. The van der Waals surface area contributed by atoms with Gasteiger partial charge in [-0.15, -0.1) is 0 Å². The molecule has 3 aromatic rings. The zero-order chi connectivity index (χ0) is 25.5. The Hall–Kier alpha value is -3.98. The first-order valence-corrected chi connectivity index (χ1v) is 11.7. The van der Waals surface area contributed by atoms with Crippen molar-refractivity contribution in [1.29, 1.82) is 0 Å². The largest absolute Gasteiger partial charge is 0.464 e. The third kappa shape index (κ3) is 6.37. The molecule has 0 spiro atoms. The summed E-state index contributed by atoms with van der Waals surface area (Å²) < 4.78 is 21.8. The van der Waals surface area contributed by atoms with Crippen LogP contribution in [0, 0.1) is 13.8 Å². The molecule has 2 aromatic carbocycles. The molecule has 9 nitrogen and oxygen atoms in total. The second-order valence-electron chi connectivity index (χ2n) is 8.61. The molecular formula is C27H31N3O6. The first-order valence-electron chi connectivity index (χ1n) is 11.7. The molecule has 1 aromatic heterocycles. The molecule has 0 atom stereocenters. The van der Waals surface area contributed by atoms with Crippen molar-refractivity contribution in [3.63, 3.8) is 0 Å². The highest BCUT2D eigenvalue weighted by molar-refractivity contribution is 5.93. The van der Waals surface area contributed by atoms with E-state index in [4.69, 9.17) is 18.6 Å². The van der Waals surface area contributed by atoms with Gasteiger partial charge in [-0.3, -0.25) is 4.79 Å². The zero-order valence-electron chi connectivity index (χ0n) is 20.8. The summed E-state index contributed by atoms with van der Waals surface area (Å²) in [4.78, 5) is 29.8. The average molecular weight is 494 g/mol. The fraction of sp³-hybridized carbons (Fsp3) is 0.333. The second kappa shape index (κ2) is 11.6. The van der Waals surface area contributed by atoms with Crippen LogP contribution >= 0.6 is 0 Å². The first-order chi connectivity index (χ1) is 17.4. The fourth-order valence-electron chi connectivity index (χ4n) is 3.87. The average Bonchev–Trinajstić information content (AvgIpc) is 3.50. The van der Waals surface area contributed by atoms with Crippen LogP contribution in [0.15, 0.2) is 59.0 Å². The van der Waals surface area contributed by atoms with Crippen LogP contribution in [0.5, 0.6) is 11.5 Å². The third-order valence-electron chi connectivity index (χ3n) is 5.87. The van der Waals surface area contributed by atoms with Crippen molar-refractivity contribution < 1.29 is 28.2 Å². The maximum atomic E-state index is 13.6. The van der Waals surface area contributed by atoms with Crippen LogP contribution in [0.4, 0.5) is 10.5 Å². The van der Waals surface area contributed by atoms with E-state index in [0.717, 1.165) is 16.9 Å². The van der Waals surface area contributed by atoms with E-state index in [9.17, 15) is 9.59 Å². The molecule has 0 radical (unpaired) electrons. The Bertz CT molecular complexity index is 1210. The predicted molar refractivity (Wildman–Crippen MR) is 134 cm³/mol. The summed E-state index contributed by atoms with van der Waals surface area (Å²) in [5.41, 5.74) is 2.51. The Morgan fingerprint density at radius 1 is 0.972 bits per heavy atom. The number of hydrogen-bond acceptors (Lipinski definition) is 6. The Morgan fingerprint density at radius 3 is 2.53 bits per heavy atom. The van der Waals surface area contributed by atoms with Gasteiger partial charge in [-0.2, -0.15) is 0 Å². The van der Waals surface area contributed by atoms with Gasteiger partial charge in [-0.1, -0.05) is 24.3 Å². The van der Waals surface area contributed by atoms with E-state index in [1.54, 1.807) is 12.0 Å². The SMILES string of the molecule is COCCN(CC(=O)N(Cc1ccc2c(c1)OCO2)Cc1ccc(C)o1)C(=O)Nc1ccccc1C. The van der Waals surface area contributed by atoms with Crippen LogP contribution in [-0.4, -0.2) is 55.3 Å². The molecule has 0 bridgehead atoms. The van der Waals surface area contributed by atoms with Crippen LogP contribution < -0.4 is 14.8 Å². The molecule has 190 valence electrons. The summed E-state index contributed by atoms with van der Waals surface area (Å²) in [7, 11) is 1.56. The minimum atomic E-state index is -0.369. The maximum Gasteiger partial charge on any atom is 0.322 e. The summed E-state index contributed by atoms with van der Waals surface area (Å²) in [6.07, 6.45) is 0. The minimum absolute atomic E-state index is 0.120. The van der Waals surface area contributed by atoms with Crippen molar-refractivity contribution in [3.8, 4) is 11.5 Å². The number of ether oxygens (including phenoxy) is 3. The lowest BCUT2D eigenvalue weighted by Gasteiger charge is -2.27. The Morgan fingerprint density at radius 2 is 1.78 bits per heavy atom. The highest BCUT2D eigenvalue weighted by Gasteiger charge is 2.24. The van der Waals surface area contributed by atoms with E-state index in [2.05, 4.69) is 5.32 Å². The summed E-state index contributed by atoms with van der Waals surface area (Å²) in [5, 5.41) is 2.91. The number of urea groups is 1. The minimum Gasteiger partial charge on any atom is -0.464 e. The van der Waals surface area contributed by atoms with Gasteiger partial charge in [0.2, 0.25) is 12.7 Å². The molecule has 0 aliphatic carbocycles. The number of furan rings is 1. The van der Waals surface area contributed by atoms with Gasteiger partial charge in [0.1, 0.15) is 18.1 Å². The van der Waals surface area contributed by atoms with Gasteiger partial charge in [0.25, 0.3) is 0 Å². The molecule has 4 rings (SSSR count). The molecule has 1 aliphatic heterocycles. The number of nitrogens with one attached hydrogen (secondary N) is 1. The number of carbonyl (C=O) groups excluding carboxylic acids is 2. The molecule has 2 heterocycles. The third-order valence-corrected chi connectivity index (χ3v) is 5.87. The van der Waals surface area contributed by atoms with Crippen LogP contribution in [0.1, 0.15) is 22.6 Å². The van der Waals surface area contributed by atoms with Gasteiger partial charge in [-0.05, 0) is 55.3 Å². The van der Waals surface area contributed by atoms with Gasteiger partial charge < -0.3 is 33.7 Å². The fourth-order valence-corrected chi connectivity index (χ4v) is 3.87. The van der Waals surface area contributed by atoms with Crippen molar-refractivity contribution in [2.75, 3.05) is 38.9 Å². The van der Waals surface area contributed by atoms with Crippen molar-refractivity contribution in [2.24, 2.45) is 0 Å². The van der Waals surface area contributed by atoms with Gasteiger partial charge in [0.15, 0.2) is 11.5 Å². The summed E-state index contributed by atoms with van der Waals surface area (Å²) >= 11 is 0. The van der Waals surface area contributed by atoms with E-state index in [0.29, 0.717) is 36.1 Å². The number of fused-ring (bicyclic) bond motifs is 1. The van der Waals surface area contributed by atoms with E-state index in [1.807, 2.05) is 68.4 Å². The van der Waals surface area contributed by atoms with Crippen LogP contribution in [0.2, 0.25) is 0 Å². The zero-order valence-corrected chi connectivity index (χ0v) is 20.8. The van der Waals surface area contributed by atoms with Gasteiger partial charge in [-0.25, -0.2) is 4.79 Å². The molecule has 1 N–H and O–H groups in total. The number of anilines is 1. The van der Waals surface area contributed by atoms with Gasteiger partial charge >= 0.3 is 6.03 Å². The van der Waals surface area contributed by atoms with Gasteiger partial charge in [0, 0.05) is 25.9 Å². The lowest BCUT2D eigenvalue weighted by atomic mass is 10.2. The Balaban J connectivity index is 1.51. The van der Waals surface area contributed by atoms with Crippen molar-refractivity contribution in [2.45, 2.75) is 26.9 Å². The van der Waals surface area contributed by atoms with E-state index in [1.165, 1.54) is 4.90 Å². The van der Waals surface area contributed by atoms with Crippen LogP contribution in [0.3, 0.4) is 0 Å². The molecule has 0 unspecified atom stereocenters. The van der Waals surface area contributed by atoms with E-state index in [-0.39, 0.29) is 38.4 Å². The number of rotatable bonds is 10. The topological polar surface area (TPSA) is 93.5 Å². The molecule has 0 fully saturated rings. The van der Waals surface area contributed by atoms with Gasteiger partial charge in [0.05, 0.1) is 13.2 Å². The molecule has 36 heavy (non-hydrogen) atoms. The number of para-hydroxylation sites is 1. The molecule has 1 aliphatic rings. The number of nitrogens with zero attached hydrogens (tertiary/aromatic N) is 2. The number of benzene rings is 2. The number of methoxy groups -OCH3 is 1. The predicted octanol–water partition coefficient (Wildman–Crippen LogP) is 4.33. The summed E-state index contributed by atoms with van der Waals surface area (Å²) in [6, 6.07) is 16.4. The molecular weight excluding hydrogens is 462 g/mol. The van der Waals surface area contributed by atoms with Crippen molar-refractivity contribution in [1.82, 2.24) is 9.80 Å². The number of carbonyl (C=O) groups is 2. The molecule has 9 heteroatoms. The molecule has 0 saturated carbocycles. The van der Waals surface area contributed by atoms with Crippen LogP contribution in [0.25, 0.3) is 0 Å². The van der Waals surface area contributed by atoms with Crippen molar-refractivity contribution >= 4 is 17.6 Å². The number of hydrogen-bond donors (Lipinski definition) is 1. The normalized spacial score (nSPS) is 11.9. The standard InChI is InChI=1S/C27H31N3O6/c1-19-6-4-5-7-23(19)28-27(32)29(12-13-33-3)17-26(31)30(16-22-10-8-20(2)36-22)15-21-9-11-24-25(14-21)35-18-34-24/h4-11,14H,12-13,15-18H2,1-3H3,(H,28,32). The monoisotopic (exact) mass is 493 g/mol. The molecule has 3 amide bonds. The Labute approximate surface area is 210 Å². The second-order valence-corrected chi connectivity index (χ2v) is 8.61. The molecule has 0 saturated heterocycles. The smallest absolute Gasteiger partial charge is 0.322 e.